The van der Waals surface area contributed by atoms with Crippen molar-refractivity contribution in [3.63, 3.8) is 0 Å². The van der Waals surface area contributed by atoms with Gasteiger partial charge in [-0.05, 0) is 90.8 Å². The Kier molecular flexibility index (Phi) is 10.6. The van der Waals surface area contributed by atoms with Crippen LogP contribution in [0.3, 0.4) is 0 Å². The van der Waals surface area contributed by atoms with Crippen LogP contribution >= 0.6 is 0 Å². The number of unbranched alkanes of at least 4 members (excludes halogenated alkanes) is 2. The van der Waals surface area contributed by atoms with Crippen molar-refractivity contribution in [3.8, 4) is 5.75 Å². The minimum Gasteiger partial charge on any atom is -0.497 e. The quantitative estimate of drug-likeness (QED) is 0.162. The minimum absolute atomic E-state index is 0.0497. The predicted molar refractivity (Wildman–Crippen MR) is 147 cm³/mol. The van der Waals surface area contributed by atoms with E-state index in [2.05, 4.69) is 66.6 Å². The number of aryl methyl sites for hydroxylation is 1. The van der Waals surface area contributed by atoms with E-state index in [-0.39, 0.29) is 11.9 Å². The van der Waals surface area contributed by atoms with Gasteiger partial charge >= 0.3 is 0 Å². The molecule has 0 saturated heterocycles. The SMILES string of the molecule is CCCCC/C(=C\C=C\C(=O)N[C@H](C)CCCc1cccnc1)c1ccc2ccc(OC)cc2c1. The van der Waals surface area contributed by atoms with Gasteiger partial charge in [-0.3, -0.25) is 9.78 Å². The number of fused-ring (bicyclic) bond motifs is 1. The van der Waals surface area contributed by atoms with Gasteiger partial charge in [-0.25, -0.2) is 0 Å². The first-order chi connectivity index (χ1) is 17.1. The molecule has 3 rings (SSSR count). The molecule has 0 bridgehead atoms. The smallest absolute Gasteiger partial charge is 0.244 e. The molecule has 35 heavy (non-hydrogen) atoms. The highest BCUT2D eigenvalue weighted by Gasteiger charge is 2.06. The highest BCUT2D eigenvalue weighted by Crippen LogP contribution is 2.27. The molecule has 184 valence electrons. The van der Waals surface area contributed by atoms with Crippen LogP contribution in [0.15, 0.2) is 79.2 Å². The summed E-state index contributed by atoms with van der Waals surface area (Å²) < 4.78 is 5.40. The van der Waals surface area contributed by atoms with Crippen molar-refractivity contribution in [2.75, 3.05) is 7.11 Å². The number of hydrogen-bond donors (Lipinski definition) is 1. The standard InChI is InChI=1S/C31H38N2O2/c1-4-5-6-13-26(28-17-16-27-18-19-30(35-3)22-29(27)21-28)14-8-15-31(34)33-24(2)10-7-11-25-12-9-20-32-23-25/h8-9,12,14-24H,4-7,10-11,13H2,1-3H3,(H,33,34)/b15-8+,26-14+/t24-/m1/s1. The fourth-order valence-electron chi connectivity index (χ4n) is 4.21. The lowest BCUT2D eigenvalue weighted by Gasteiger charge is -2.12. The fraction of sp³-hybridized carbons (Fsp3) is 0.355. The first-order valence-corrected chi connectivity index (χ1v) is 12.7. The van der Waals surface area contributed by atoms with Gasteiger partial charge in [0, 0.05) is 24.5 Å². The van der Waals surface area contributed by atoms with E-state index in [1.165, 1.54) is 34.9 Å². The maximum absolute atomic E-state index is 12.5. The van der Waals surface area contributed by atoms with E-state index in [9.17, 15) is 4.79 Å². The summed E-state index contributed by atoms with van der Waals surface area (Å²) in [6.45, 7) is 4.28. The van der Waals surface area contributed by atoms with Crippen LogP contribution in [0.5, 0.6) is 5.75 Å². The zero-order chi connectivity index (χ0) is 24.9. The second-order valence-corrected chi connectivity index (χ2v) is 9.10. The highest BCUT2D eigenvalue weighted by molar-refractivity contribution is 5.89. The summed E-state index contributed by atoms with van der Waals surface area (Å²) >= 11 is 0. The summed E-state index contributed by atoms with van der Waals surface area (Å²) in [5.74, 6) is 0.809. The molecule has 2 aromatic carbocycles. The Morgan fingerprint density at radius 3 is 2.71 bits per heavy atom. The third kappa shape index (κ3) is 8.71. The number of ether oxygens (including phenoxy) is 1. The molecule has 0 aliphatic heterocycles. The van der Waals surface area contributed by atoms with E-state index < -0.39 is 0 Å². The van der Waals surface area contributed by atoms with E-state index in [1.807, 2.05) is 24.4 Å². The van der Waals surface area contributed by atoms with E-state index in [1.54, 1.807) is 19.4 Å². The fourth-order valence-corrected chi connectivity index (χ4v) is 4.21. The van der Waals surface area contributed by atoms with Gasteiger partial charge in [0.15, 0.2) is 0 Å². The van der Waals surface area contributed by atoms with Crippen LogP contribution in [-0.4, -0.2) is 24.0 Å². The molecule has 1 atom stereocenters. The normalized spacial score (nSPS) is 12.7. The number of hydrogen-bond acceptors (Lipinski definition) is 3. The Labute approximate surface area is 210 Å². The van der Waals surface area contributed by atoms with Crippen molar-refractivity contribution < 1.29 is 9.53 Å². The van der Waals surface area contributed by atoms with E-state index in [4.69, 9.17) is 4.74 Å². The molecule has 4 heteroatoms. The van der Waals surface area contributed by atoms with Gasteiger partial charge in [-0.1, -0.05) is 56.2 Å². The summed E-state index contributed by atoms with van der Waals surface area (Å²) in [4.78, 5) is 16.6. The van der Waals surface area contributed by atoms with Crippen LogP contribution in [0.25, 0.3) is 16.3 Å². The van der Waals surface area contributed by atoms with Gasteiger partial charge in [0.1, 0.15) is 5.75 Å². The zero-order valence-corrected chi connectivity index (χ0v) is 21.3. The molecule has 1 aromatic heterocycles. The lowest BCUT2D eigenvalue weighted by Crippen LogP contribution is -2.31. The number of carbonyl (C=O) groups excluding carboxylic acids is 1. The molecule has 1 heterocycles. The first kappa shape index (κ1) is 26.2. The second-order valence-electron chi connectivity index (χ2n) is 9.10. The largest absolute Gasteiger partial charge is 0.497 e. The Hall–Kier alpha value is -3.40. The predicted octanol–water partition coefficient (Wildman–Crippen LogP) is 7.29. The minimum atomic E-state index is -0.0497. The number of benzene rings is 2. The number of allylic oxidation sites excluding steroid dienone is 3. The third-order valence-electron chi connectivity index (χ3n) is 6.23. The Morgan fingerprint density at radius 1 is 1.09 bits per heavy atom. The van der Waals surface area contributed by atoms with Crippen LogP contribution in [0.4, 0.5) is 0 Å². The van der Waals surface area contributed by atoms with E-state index in [0.29, 0.717) is 0 Å². The molecular weight excluding hydrogens is 432 g/mol. The van der Waals surface area contributed by atoms with Crippen LogP contribution < -0.4 is 10.1 Å². The van der Waals surface area contributed by atoms with Crippen molar-refractivity contribution in [2.24, 2.45) is 0 Å². The number of nitrogens with zero attached hydrogens (tertiary/aromatic N) is 1. The summed E-state index contributed by atoms with van der Waals surface area (Å²) in [6, 6.07) is 16.9. The summed E-state index contributed by atoms with van der Waals surface area (Å²) in [5, 5.41) is 5.43. The van der Waals surface area contributed by atoms with Crippen LogP contribution in [0.2, 0.25) is 0 Å². The van der Waals surface area contributed by atoms with Crippen LogP contribution in [0, 0.1) is 0 Å². The van der Waals surface area contributed by atoms with Crippen molar-refractivity contribution in [3.05, 3.63) is 90.3 Å². The van der Waals surface area contributed by atoms with Gasteiger partial charge in [0.2, 0.25) is 5.91 Å². The molecule has 3 aromatic rings. The van der Waals surface area contributed by atoms with Gasteiger partial charge in [0.25, 0.3) is 0 Å². The lowest BCUT2D eigenvalue weighted by molar-refractivity contribution is -0.117. The summed E-state index contributed by atoms with van der Waals surface area (Å²) in [5.41, 5.74) is 3.67. The number of methoxy groups -OCH3 is 1. The monoisotopic (exact) mass is 470 g/mol. The van der Waals surface area contributed by atoms with Crippen molar-refractivity contribution in [2.45, 2.75) is 64.8 Å². The lowest BCUT2D eigenvalue weighted by atomic mass is 9.96. The molecule has 0 radical (unpaired) electrons. The molecule has 4 nitrogen and oxygen atoms in total. The van der Waals surface area contributed by atoms with Gasteiger partial charge in [-0.2, -0.15) is 0 Å². The molecule has 0 fully saturated rings. The third-order valence-corrected chi connectivity index (χ3v) is 6.23. The maximum atomic E-state index is 12.5. The molecule has 0 spiro atoms. The van der Waals surface area contributed by atoms with Crippen molar-refractivity contribution in [1.82, 2.24) is 10.3 Å². The second kappa shape index (κ2) is 14.1. The van der Waals surface area contributed by atoms with E-state index in [0.717, 1.165) is 43.2 Å². The molecule has 0 saturated carbocycles. The molecule has 1 N–H and O–H groups in total. The van der Waals surface area contributed by atoms with Crippen LogP contribution in [-0.2, 0) is 11.2 Å². The van der Waals surface area contributed by atoms with Gasteiger partial charge < -0.3 is 10.1 Å². The number of nitrogens with one attached hydrogen (secondary N) is 1. The number of carbonyl (C=O) groups is 1. The maximum Gasteiger partial charge on any atom is 0.244 e. The average Bonchev–Trinajstić information content (AvgIpc) is 2.87. The Balaban J connectivity index is 1.61. The molecule has 0 aliphatic rings. The van der Waals surface area contributed by atoms with Gasteiger partial charge in [0.05, 0.1) is 7.11 Å². The topological polar surface area (TPSA) is 51.2 Å². The number of aromatic nitrogens is 1. The highest BCUT2D eigenvalue weighted by atomic mass is 16.5. The summed E-state index contributed by atoms with van der Waals surface area (Å²) in [6.07, 6.45) is 16.7. The van der Waals surface area contributed by atoms with Crippen molar-refractivity contribution in [1.29, 1.82) is 0 Å². The van der Waals surface area contributed by atoms with E-state index >= 15 is 0 Å². The molecule has 0 unspecified atom stereocenters. The Morgan fingerprint density at radius 2 is 1.94 bits per heavy atom. The first-order valence-electron chi connectivity index (χ1n) is 12.7. The molecule has 1 amide bonds. The molecule has 0 aliphatic carbocycles. The number of pyridine rings is 1. The average molecular weight is 471 g/mol. The van der Waals surface area contributed by atoms with Crippen LogP contribution in [0.1, 0.15) is 63.5 Å². The van der Waals surface area contributed by atoms with Gasteiger partial charge in [-0.15, -0.1) is 0 Å². The Bertz CT molecular complexity index is 1140. The number of amides is 1. The van der Waals surface area contributed by atoms with Crippen molar-refractivity contribution >= 4 is 22.3 Å². The zero-order valence-electron chi connectivity index (χ0n) is 21.3. The molecular formula is C31H38N2O2. The number of rotatable bonds is 13. The summed E-state index contributed by atoms with van der Waals surface area (Å²) in [7, 11) is 1.69.